The second-order valence-corrected chi connectivity index (χ2v) is 9.15. The van der Waals surface area contributed by atoms with Gasteiger partial charge in [0.15, 0.2) is 0 Å². The van der Waals surface area contributed by atoms with Gasteiger partial charge in [-0.05, 0) is 49.7 Å². The number of aliphatic carboxylic acids is 1. The van der Waals surface area contributed by atoms with Gasteiger partial charge in [-0.1, -0.05) is 37.8 Å². The lowest BCUT2D eigenvalue weighted by Gasteiger charge is -2.34. The zero-order valence-corrected chi connectivity index (χ0v) is 17.7. The van der Waals surface area contributed by atoms with Gasteiger partial charge >= 0.3 is 5.97 Å². The monoisotopic (exact) mass is 426 g/mol. The van der Waals surface area contributed by atoms with Crippen LogP contribution < -0.4 is 5.32 Å². The summed E-state index contributed by atoms with van der Waals surface area (Å²) < 4.78 is 0. The fourth-order valence-electron chi connectivity index (χ4n) is 5.55. The minimum Gasteiger partial charge on any atom is -0.481 e. The van der Waals surface area contributed by atoms with Gasteiger partial charge in [0.25, 0.3) is 11.8 Å². The average Bonchev–Trinajstić information content (AvgIpc) is 3.03. The van der Waals surface area contributed by atoms with E-state index in [0.29, 0.717) is 24.1 Å². The molecular formula is C24H30N2O5. The van der Waals surface area contributed by atoms with E-state index in [0.717, 1.165) is 44.9 Å². The summed E-state index contributed by atoms with van der Waals surface area (Å²) in [5.41, 5.74) is 0.864. The summed E-state index contributed by atoms with van der Waals surface area (Å²) in [5.74, 6) is -2.17. The van der Waals surface area contributed by atoms with Crippen LogP contribution in [-0.2, 0) is 9.59 Å². The molecule has 31 heavy (non-hydrogen) atoms. The number of benzene rings is 1. The van der Waals surface area contributed by atoms with Crippen LogP contribution in [0.2, 0.25) is 0 Å². The number of rotatable bonds is 6. The SMILES string of the molecule is O=C(NC[C@@H]1CCCC[C@@H]1C(=O)O)C1CCCCC1CN1C(=O)c2ccccc2C1=O. The number of carboxylic acids is 1. The standard InChI is InChI=1S/C24H30N2O5/c27-21(25-13-15-7-1-4-10-18(15)24(30)31)17-9-3-2-8-16(17)14-26-22(28)19-11-5-6-12-20(19)23(26)29/h5-6,11-12,15-18H,1-4,7-10,13-14H2,(H,25,27)(H,30,31)/t15-,16?,17?,18-/m0/s1. The zero-order valence-electron chi connectivity index (χ0n) is 17.7. The number of imide groups is 1. The Labute approximate surface area is 182 Å². The van der Waals surface area contributed by atoms with Gasteiger partial charge in [0, 0.05) is 19.0 Å². The number of hydrogen-bond acceptors (Lipinski definition) is 4. The second-order valence-electron chi connectivity index (χ2n) is 9.15. The molecule has 2 fully saturated rings. The van der Waals surface area contributed by atoms with Crippen LogP contribution in [0.1, 0.15) is 72.1 Å². The number of amides is 3. The highest BCUT2D eigenvalue weighted by molar-refractivity contribution is 6.21. The molecule has 4 rings (SSSR count). The third-order valence-electron chi connectivity index (χ3n) is 7.31. The van der Waals surface area contributed by atoms with Crippen LogP contribution in [0.5, 0.6) is 0 Å². The van der Waals surface area contributed by atoms with Crippen molar-refractivity contribution in [2.24, 2.45) is 23.7 Å². The first kappa shape index (κ1) is 21.5. The van der Waals surface area contributed by atoms with E-state index in [4.69, 9.17) is 0 Å². The number of carbonyl (C=O) groups excluding carboxylic acids is 3. The molecule has 2 saturated carbocycles. The summed E-state index contributed by atoms with van der Waals surface area (Å²) >= 11 is 0. The molecule has 1 heterocycles. The van der Waals surface area contributed by atoms with Gasteiger partial charge in [-0.2, -0.15) is 0 Å². The highest BCUT2D eigenvalue weighted by Gasteiger charge is 2.40. The highest BCUT2D eigenvalue weighted by atomic mass is 16.4. The Hall–Kier alpha value is -2.70. The van der Waals surface area contributed by atoms with Gasteiger partial charge in [0.1, 0.15) is 0 Å². The quantitative estimate of drug-likeness (QED) is 0.681. The molecule has 1 aromatic rings. The van der Waals surface area contributed by atoms with Crippen molar-refractivity contribution < 1.29 is 24.3 Å². The first-order valence-electron chi connectivity index (χ1n) is 11.4. The molecule has 1 aliphatic heterocycles. The summed E-state index contributed by atoms with van der Waals surface area (Å²) in [6, 6.07) is 6.84. The van der Waals surface area contributed by atoms with Crippen molar-refractivity contribution in [3.05, 3.63) is 35.4 Å². The smallest absolute Gasteiger partial charge is 0.306 e. The van der Waals surface area contributed by atoms with Gasteiger partial charge in [0.05, 0.1) is 17.0 Å². The molecule has 0 spiro atoms. The maximum atomic E-state index is 13.0. The Morgan fingerprint density at radius 2 is 1.42 bits per heavy atom. The molecule has 1 aromatic carbocycles. The third-order valence-corrected chi connectivity index (χ3v) is 7.31. The van der Waals surface area contributed by atoms with Crippen LogP contribution in [-0.4, -0.2) is 46.8 Å². The predicted octanol–water partition coefficient (Wildman–Crippen LogP) is 3.10. The number of carbonyl (C=O) groups is 4. The Morgan fingerprint density at radius 3 is 2.03 bits per heavy atom. The lowest BCUT2D eigenvalue weighted by atomic mass is 9.77. The van der Waals surface area contributed by atoms with Crippen molar-refractivity contribution >= 4 is 23.7 Å². The molecule has 2 unspecified atom stereocenters. The molecule has 0 aromatic heterocycles. The van der Waals surface area contributed by atoms with Crippen LogP contribution in [0.25, 0.3) is 0 Å². The van der Waals surface area contributed by atoms with Crippen LogP contribution in [0, 0.1) is 23.7 Å². The van der Waals surface area contributed by atoms with Crippen LogP contribution in [0.3, 0.4) is 0 Å². The number of nitrogens with zero attached hydrogens (tertiary/aromatic N) is 1. The minimum absolute atomic E-state index is 0.0338. The van der Waals surface area contributed by atoms with Crippen LogP contribution in [0.4, 0.5) is 0 Å². The van der Waals surface area contributed by atoms with Crippen LogP contribution >= 0.6 is 0 Å². The molecule has 4 atom stereocenters. The Morgan fingerprint density at radius 1 is 0.871 bits per heavy atom. The normalized spacial score (nSPS) is 28.3. The van der Waals surface area contributed by atoms with E-state index in [1.54, 1.807) is 24.3 Å². The molecular weight excluding hydrogens is 396 g/mol. The molecule has 166 valence electrons. The van der Waals surface area contributed by atoms with E-state index in [2.05, 4.69) is 5.32 Å². The van der Waals surface area contributed by atoms with Crippen molar-refractivity contribution in [2.75, 3.05) is 13.1 Å². The summed E-state index contributed by atoms with van der Waals surface area (Å²) in [4.78, 5) is 51.3. The fraction of sp³-hybridized carbons (Fsp3) is 0.583. The fourth-order valence-corrected chi connectivity index (χ4v) is 5.55. The summed E-state index contributed by atoms with van der Waals surface area (Å²) in [5, 5.41) is 12.5. The predicted molar refractivity (Wildman–Crippen MR) is 113 cm³/mol. The van der Waals surface area contributed by atoms with Crippen molar-refractivity contribution in [1.29, 1.82) is 0 Å². The number of carboxylic acid groups (broad SMARTS) is 1. The van der Waals surface area contributed by atoms with Gasteiger partial charge in [-0.3, -0.25) is 24.1 Å². The lowest BCUT2D eigenvalue weighted by Crippen LogP contribution is -2.45. The van der Waals surface area contributed by atoms with Gasteiger partial charge in [0.2, 0.25) is 5.91 Å². The van der Waals surface area contributed by atoms with Crippen molar-refractivity contribution in [2.45, 2.75) is 51.4 Å². The van der Waals surface area contributed by atoms with E-state index < -0.39 is 11.9 Å². The number of nitrogens with one attached hydrogen (secondary N) is 1. The molecule has 0 saturated heterocycles. The maximum absolute atomic E-state index is 13.0. The highest BCUT2D eigenvalue weighted by Crippen LogP contribution is 2.34. The van der Waals surface area contributed by atoms with Gasteiger partial charge in [-0.25, -0.2) is 0 Å². The molecule has 7 heteroatoms. The number of fused-ring (bicyclic) bond motifs is 1. The number of hydrogen-bond donors (Lipinski definition) is 2. The van der Waals surface area contributed by atoms with Crippen molar-refractivity contribution in [1.82, 2.24) is 10.2 Å². The van der Waals surface area contributed by atoms with E-state index in [9.17, 15) is 24.3 Å². The Kier molecular flexibility index (Phi) is 6.39. The molecule has 2 aliphatic carbocycles. The maximum Gasteiger partial charge on any atom is 0.306 e. The van der Waals surface area contributed by atoms with Crippen molar-refractivity contribution in [3.63, 3.8) is 0 Å². The van der Waals surface area contributed by atoms with E-state index >= 15 is 0 Å². The first-order valence-corrected chi connectivity index (χ1v) is 11.4. The van der Waals surface area contributed by atoms with Gasteiger partial charge < -0.3 is 10.4 Å². The third kappa shape index (κ3) is 4.36. The second kappa shape index (κ2) is 9.20. The summed E-state index contributed by atoms with van der Waals surface area (Å²) in [7, 11) is 0. The molecule has 0 bridgehead atoms. The largest absolute Gasteiger partial charge is 0.481 e. The average molecular weight is 427 g/mol. The zero-order chi connectivity index (χ0) is 22.0. The van der Waals surface area contributed by atoms with E-state index in [1.165, 1.54) is 4.90 Å². The van der Waals surface area contributed by atoms with Crippen molar-refractivity contribution in [3.8, 4) is 0 Å². The van der Waals surface area contributed by atoms with Crippen LogP contribution in [0.15, 0.2) is 24.3 Å². The van der Waals surface area contributed by atoms with Gasteiger partial charge in [-0.15, -0.1) is 0 Å². The summed E-state index contributed by atoms with van der Waals surface area (Å²) in [6.45, 7) is 0.637. The topological polar surface area (TPSA) is 104 Å². The Bertz CT molecular complexity index is 847. The first-order chi connectivity index (χ1) is 15.0. The summed E-state index contributed by atoms with van der Waals surface area (Å²) in [6.07, 6.45) is 6.85. The minimum atomic E-state index is -0.778. The molecule has 3 amide bonds. The molecule has 7 nitrogen and oxygen atoms in total. The lowest BCUT2D eigenvalue weighted by molar-refractivity contribution is -0.145. The van der Waals surface area contributed by atoms with E-state index in [-0.39, 0.29) is 42.0 Å². The molecule has 2 N–H and O–H groups in total. The molecule has 3 aliphatic rings. The molecule has 0 radical (unpaired) electrons. The van der Waals surface area contributed by atoms with E-state index in [1.807, 2.05) is 0 Å². The Balaban J connectivity index is 1.40.